The number of hydrogen-bond acceptors (Lipinski definition) is 2. The Bertz CT molecular complexity index is 430. The van der Waals surface area contributed by atoms with Crippen LogP contribution in [0.15, 0.2) is 30.3 Å². The van der Waals surface area contributed by atoms with Gasteiger partial charge in [-0.3, -0.25) is 4.79 Å². The molecule has 0 aliphatic heterocycles. The SMILES string of the molecule is CC(C)NC(=O)[C@H]1CCC[C@H]1N[C@H](C)c1ccccc1. The van der Waals surface area contributed by atoms with E-state index in [9.17, 15) is 4.79 Å². The fourth-order valence-corrected chi connectivity index (χ4v) is 3.02. The standard InChI is InChI=1S/C17H26N2O/c1-12(2)18-17(20)15-10-7-11-16(15)19-13(3)14-8-5-4-6-9-14/h4-6,8-9,12-13,15-16,19H,7,10-11H2,1-3H3,(H,18,20)/t13-,15+,16-/m1/s1. The molecule has 3 heteroatoms. The second-order valence-corrected chi connectivity index (χ2v) is 6.11. The third-order valence-electron chi connectivity index (χ3n) is 4.05. The zero-order valence-corrected chi connectivity index (χ0v) is 12.7. The van der Waals surface area contributed by atoms with Gasteiger partial charge in [0.1, 0.15) is 0 Å². The highest BCUT2D eigenvalue weighted by Gasteiger charge is 2.33. The Kier molecular flexibility index (Phi) is 5.18. The van der Waals surface area contributed by atoms with Crippen molar-refractivity contribution >= 4 is 5.91 Å². The van der Waals surface area contributed by atoms with Gasteiger partial charge in [0, 0.05) is 18.1 Å². The molecule has 1 saturated carbocycles. The van der Waals surface area contributed by atoms with E-state index in [0.29, 0.717) is 6.04 Å². The first kappa shape index (κ1) is 15.0. The molecule has 2 N–H and O–H groups in total. The third-order valence-corrected chi connectivity index (χ3v) is 4.05. The molecule has 1 fully saturated rings. The molecular weight excluding hydrogens is 248 g/mol. The number of amides is 1. The van der Waals surface area contributed by atoms with E-state index in [-0.39, 0.29) is 23.9 Å². The monoisotopic (exact) mass is 274 g/mol. The Hall–Kier alpha value is -1.35. The van der Waals surface area contributed by atoms with E-state index in [4.69, 9.17) is 0 Å². The topological polar surface area (TPSA) is 41.1 Å². The zero-order valence-electron chi connectivity index (χ0n) is 12.7. The maximum absolute atomic E-state index is 12.2. The molecular formula is C17H26N2O. The summed E-state index contributed by atoms with van der Waals surface area (Å²) in [4.78, 5) is 12.2. The molecule has 1 aromatic carbocycles. The van der Waals surface area contributed by atoms with E-state index < -0.39 is 0 Å². The third kappa shape index (κ3) is 3.83. The minimum atomic E-state index is 0.114. The van der Waals surface area contributed by atoms with E-state index in [0.717, 1.165) is 19.3 Å². The van der Waals surface area contributed by atoms with Crippen LogP contribution in [0.25, 0.3) is 0 Å². The highest BCUT2D eigenvalue weighted by molar-refractivity contribution is 5.80. The summed E-state index contributed by atoms with van der Waals surface area (Å²) in [5.74, 6) is 0.318. The molecule has 1 aliphatic rings. The maximum Gasteiger partial charge on any atom is 0.224 e. The predicted octanol–water partition coefficient (Wildman–Crippen LogP) is 3.03. The van der Waals surface area contributed by atoms with Gasteiger partial charge in [-0.25, -0.2) is 0 Å². The minimum Gasteiger partial charge on any atom is -0.354 e. The Morgan fingerprint density at radius 2 is 1.85 bits per heavy atom. The number of benzene rings is 1. The summed E-state index contributed by atoms with van der Waals surface area (Å²) >= 11 is 0. The second kappa shape index (κ2) is 6.89. The van der Waals surface area contributed by atoms with Gasteiger partial charge in [-0.2, -0.15) is 0 Å². The first-order chi connectivity index (χ1) is 9.58. The molecule has 0 bridgehead atoms. The molecule has 0 saturated heterocycles. The summed E-state index contributed by atoms with van der Waals surface area (Å²) in [5.41, 5.74) is 1.28. The number of hydrogen-bond donors (Lipinski definition) is 2. The Morgan fingerprint density at radius 3 is 2.50 bits per heavy atom. The van der Waals surface area contributed by atoms with Crippen LogP contribution in [-0.4, -0.2) is 18.0 Å². The number of carbonyl (C=O) groups excluding carboxylic acids is 1. The second-order valence-electron chi connectivity index (χ2n) is 6.11. The normalized spacial score (nSPS) is 23.8. The van der Waals surface area contributed by atoms with Gasteiger partial charge in [-0.05, 0) is 39.2 Å². The van der Waals surface area contributed by atoms with E-state index in [1.165, 1.54) is 5.56 Å². The van der Waals surface area contributed by atoms with Crippen LogP contribution in [0.5, 0.6) is 0 Å². The quantitative estimate of drug-likeness (QED) is 0.866. The highest BCUT2D eigenvalue weighted by atomic mass is 16.2. The first-order valence-electron chi connectivity index (χ1n) is 7.69. The van der Waals surface area contributed by atoms with Crippen molar-refractivity contribution in [2.75, 3.05) is 0 Å². The van der Waals surface area contributed by atoms with Gasteiger partial charge in [-0.1, -0.05) is 36.8 Å². The van der Waals surface area contributed by atoms with Gasteiger partial charge < -0.3 is 10.6 Å². The van der Waals surface area contributed by atoms with Crippen LogP contribution >= 0.6 is 0 Å². The molecule has 0 radical (unpaired) electrons. The molecule has 3 nitrogen and oxygen atoms in total. The van der Waals surface area contributed by atoms with Crippen molar-refractivity contribution in [1.82, 2.24) is 10.6 Å². The van der Waals surface area contributed by atoms with Gasteiger partial charge in [0.2, 0.25) is 5.91 Å². The van der Waals surface area contributed by atoms with Gasteiger partial charge in [0.05, 0.1) is 5.92 Å². The minimum absolute atomic E-state index is 0.114. The van der Waals surface area contributed by atoms with Crippen molar-refractivity contribution in [3.8, 4) is 0 Å². The molecule has 1 amide bonds. The molecule has 2 rings (SSSR count). The predicted molar refractivity (Wildman–Crippen MR) is 82.4 cm³/mol. The summed E-state index contributed by atoms with van der Waals surface area (Å²) in [5, 5.41) is 6.69. The summed E-state index contributed by atoms with van der Waals surface area (Å²) in [6.45, 7) is 6.20. The van der Waals surface area contributed by atoms with E-state index in [1.54, 1.807) is 0 Å². The fraction of sp³-hybridized carbons (Fsp3) is 0.588. The fourth-order valence-electron chi connectivity index (χ4n) is 3.02. The molecule has 0 unspecified atom stereocenters. The van der Waals surface area contributed by atoms with Crippen LogP contribution in [0.3, 0.4) is 0 Å². The van der Waals surface area contributed by atoms with Crippen molar-refractivity contribution in [1.29, 1.82) is 0 Å². The van der Waals surface area contributed by atoms with E-state index in [1.807, 2.05) is 19.9 Å². The van der Waals surface area contributed by atoms with Crippen molar-refractivity contribution < 1.29 is 4.79 Å². The summed E-state index contributed by atoms with van der Waals surface area (Å²) < 4.78 is 0. The molecule has 0 spiro atoms. The highest BCUT2D eigenvalue weighted by Crippen LogP contribution is 2.28. The summed E-state index contributed by atoms with van der Waals surface area (Å²) in [6.07, 6.45) is 3.22. The number of nitrogens with one attached hydrogen (secondary N) is 2. The lowest BCUT2D eigenvalue weighted by molar-refractivity contribution is -0.125. The molecule has 20 heavy (non-hydrogen) atoms. The Balaban J connectivity index is 1.96. The van der Waals surface area contributed by atoms with Crippen LogP contribution in [0.4, 0.5) is 0 Å². The first-order valence-corrected chi connectivity index (χ1v) is 7.69. The van der Waals surface area contributed by atoms with Crippen molar-refractivity contribution in [3.63, 3.8) is 0 Å². The lowest BCUT2D eigenvalue weighted by Gasteiger charge is -2.25. The lowest BCUT2D eigenvalue weighted by Crippen LogP contribution is -2.44. The van der Waals surface area contributed by atoms with Gasteiger partial charge in [0.15, 0.2) is 0 Å². The summed E-state index contributed by atoms with van der Waals surface area (Å²) in [6, 6.07) is 11.2. The summed E-state index contributed by atoms with van der Waals surface area (Å²) in [7, 11) is 0. The molecule has 0 heterocycles. The van der Waals surface area contributed by atoms with Crippen LogP contribution in [-0.2, 0) is 4.79 Å². The van der Waals surface area contributed by atoms with Crippen molar-refractivity contribution in [3.05, 3.63) is 35.9 Å². The molecule has 0 aromatic heterocycles. The van der Waals surface area contributed by atoms with Crippen LogP contribution in [0.2, 0.25) is 0 Å². The van der Waals surface area contributed by atoms with E-state index in [2.05, 4.69) is 41.8 Å². The smallest absolute Gasteiger partial charge is 0.224 e. The van der Waals surface area contributed by atoms with Gasteiger partial charge >= 0.3 is 0 Å². The molecule has 1 aromatic rings. The average Bonchev–Trinajstić information content (AvgIpc) is 2.87. The zero-order chi connectivity index (χ0) is 14.5. The lowest BCUT2D eigenvalue weighted by atomic mass is 9.99. The van der Waals surface area contributed by atoms with E-state index >= 15 is 0 Å². The van der Waals surface area contributed by atoms with Crippen LogP contribution in [0, 0.1) is 5.92 Å². The Morgan fingerprint density at radius 1 is 1.15 bits per heavy atom. The van der Waals surface area contributed by atoms with Gasteiger partial charge in [0.25, 0.3) is 0 Å². The van der Waals surface area contributed by atoms with Crippen LogP contribution < -0.4 is 10.6 Å². The number of rotatable bonds is 5. The number of carbonyl (C=O) groups is 1. The largest absolute Gasteiger partial charge is 0.354 e. The van der Waals surface area contributed by atoms with Crippen LogP contribution in [0.1, 0.15) is 51.6 Å². The van der Waals surface area contributed by atoms with Crippen molar-refractivity contribution in [2.45, 2.75) is 58.2 Å². The maximum atomic E-state index is 12.2. The van der Waals surface area contributed by atoms with Gasteiger partial charge in [-0.15, -0.1) is 0 Å². The Labute approximate surface area is 122 Å². The average molecular weight is 274 g/mol. The van der Waals surface area contributed by atoms with Crippen molar-refractivity contribution in [2.24, 2.45) is 5.92 Å². The molecule has 110 valence electrons. The molecule has 1 aliphatic carbocycles. The molecule has 3 atom stereocenters.